The molecule has 1 nitrogen and oxygen atoms in total. The lowest BCUT2D eigenvalue weighted by Crippen LogP contribution is -2.54. The SMILES string of the molecule is CC1(C)CCC(NC2C3(C)CCC(C3)C2(C)C)CC1. The third-order valence-corrected chi connectivity index (χ3v) is 7.01. The van der Waals surface area contributed by atoms with E-state index in [1.165, 1.54) is 44.9 Å². The van der Waals surface area contributed by atoms with Gasteiger partial charge in [0.2, 0.25) is 0 Å². The van der Waals surface area contributed by atoms with Crippen molar-refractivity contribution in [2.24, 2.45) is 22.2 Å². The fraction of sp³-hybridized carbons (Fsp3) is 1.00. The predicted octanol–water partition coefficient (Wildman–Crippen LogP) is 4.76. The molecule has 0 spiro atoms. The van der Waals surface area contributed by atoms with Crippen LogP contribution in [-0.2, 0) is 0 Å². The lowest BCUT2D eigenvalue weighted by Gasteiger charge is -2.46. The maximum absolute atomic E-state index is 4.12. The van der Waals surface area contributed by atoms with Crippen LogP contribution in [0.2, 0.25) is 0 Å². The molecule has 0 aliphatic heterocycles. The molecule has 3 atom stereocenters. The largest absolute Gasteiger partial charge is 0.310 e. The highest BCUT2D eigenvalue weighted by atomic mass is 15.0. The van der Waals surface area contributed by atoms with Crippen molar-refractivity contribution in [2.45, 2.75) is 91.6 Å². The molecule has 19 heavy (non-hydrogen) atoms. The van der Waals surface area contributed by atoms with Gasteiger partial charge < -0.3 is 5.32 Å². The third kappa shape index (κ3) is 2.26. The van der Waals surface area contributed by atoms with Gasteiger partial charge in [0.25, 0.3) is 0 Å². The highest BCUT2D eigenvalue weighted by Gasteiger charge is 2.59. The van der Waals surface area contributed by atoms with E-state index in [-0.39, 0.29) is 0 Å². The lowest BCUT2D eigenvalue weighted by atomic mass is 9.67. The molecule has 3 aliphatic rings. The topological polar surface area (TPSA) is 12.0 Å². The Morgan fingerprint density at radius 1 is 0.842 bits per heavy atom. The van der Waals surface area contributed by atoms with E-state index in [0.717, 1.165) is 18.0 Å². The molecule has 110 valence electrons. The number of nitrogens with one attached hydrogen (secondary N) is 1. The van der Waals surface area contributed by atoms with Gasteiger partial charge in [-0.3, -0.25) is 0 Å². The first-order valence-corrected chi connectivity index (χ1v) is 8.49. The zero-order chi connectivity index (χ0) is 13.9. The average molecular weight is 263 g/mol. The molecular weight excluding hydrogens is 230 g/mol. The van der Waals surface area contributed by atoms with Crippen LogP contribution in [0.1, 0.15) is 79.6 Å². The number of hydrogen-bond donors (Lipinski definition) is 1. The Morgan fingerprint density at radius 2 is 1.47 bits per heavy atom. The summed E-state index contributed by atoms with van der Waals surface area (Å²) in [6, 6.07) is 1.54. The standard InChI is InChI=1S/C18H33N/c1-16(2)9-7-14(8-10-16)19-15-17(3,4)13-6-11-18(15,5)12-13/h13-15,19H,6-12H2,1-5H3. The van der Waals surface area contributed by atoms with Crippen molar-refractivity contribution in [3.8, 4) is 0 Å². The van der Waals surface area contributed by atoms with Gasteiger partial charge in [-0.1, -0.05) is 34.6 Å². The zero-order valence-corrected chi connectivity index (χ0v) is 13.7. The van der Waals surface area contributed by atoms with Crippen LogP contribution in [0.5, 0.6) is 0 Å². The van der Waals surface area contributed by atoms with Crippen molar-refractivity contribution >= 4 is 0 Å². The molecule has 3 unspecified atom stereocenters. The van der Waals surface area contributed by atoms with E-state index in [0.29, 0.717) is 16.2 Å². The van der Waals surface area contributed by atoms with Crippen LogP contribution >= 0.6 is 0 Å². The van der Waals surface area contributed by atoms with Gasteiger partial charge in [0.1, 0.15) is 0 Å². The number of rotatable bonds is 2. The molecule has 0 heterocycles. The average Bonchev–Trinajstić information content (AvgIpc) is 2.77. The summed E-state index contributed by atoms with van der Waals surface area (Å²) < 4.78 is 0. The first kappa shape index (κ1) is 13.9. The molecule has 0 amide bonds. The molecule has 0 saturated heterocycles. The highest BCUT2D eigenvalue weighted by molar-refractivity contribution is 5.12. The van der Waals surface area contributed by atoms with Crippen molar-refractivity contribution in [3.63, 3.8) is 0 Å². The minimum atomic E-state index is 0.514. The second kappa shape index (κ2) is 4.23. The summed E-state index contributed by atoms with van der Waals surface area (Å²) in [6.45, 7) is 12.5. The predicted molar refractivity (Wildman–Crippen MR) is 82.2 cm³/mol. The van der Waals surface area contributed by atoms with Crippen LogP contribution in [0.4, 0.5) is 0 Å². The van der Waals surface area contributed by atoms with E-state index in [4.69, 9.17) is 0 Å². The molecule has 3 aliphatic carbocycles. The zero-order valence-electron chi connectivity index (χ0n) is 13.7. The van der Waals surface area contributed by atoms with Gasteiger partial charge in [0, 0.05) is 12.1 Å². The monoisotopic (exact) mass is 263 g/mol. The van der Waals surface area contributed by atoms with Crippen LogP contribution in [0.15, 0.2) is 0 Å². The summed E-state index contributed by atoms with van der Waals surface area (Å²) in [6.07, 6.45) is 9.98. The summed E-state index contributed by atoms with van der Waals surface area (Å²) >= 11 is 0. The van der Waals surface area contributed by atoms with Crippen LogP contribution in [0, 0.1) is 22.2 Å². The van der Waals surface area contributed by atoms with Gasteiger partial charge in [-0.05, 0) is 67.1 Å². The normalized spacial score (nSPS) is 44.7. The molecule has 3 rings (SSSR count). The van der Waals surface area contributed by atoms with Gasteiger partial charge in [-0.2, -0.15) is 0 Å². The molecule has 0 radical (unpaired) electrons. The third-order valence-electron chi connectivity index (χ3n) is 7.01. The maximum Gasteiger partial charge on any atom is 0.0177 e. The van der Waals surface area contributed by atoms with Gasteiger partial charge >= 0.3 is 0 Å². The molecule has 1 N–H and O–H groups in total. The Hall–Kier alpha value is -0.0400. The number of fused-ring (bicyclic) bond motifs is 2. The molecule has 0 aromatic carbocycles. The van der Waals surface area contributed by atoms with E-state index in [2.05, 4.69) is 39.9 Å². The van der Waals surface area contributed by atoms with Crippen molar-refractivity contribution in [1.82, 2.24) is 5.32 Å². The summed E-state index contributed by atoms with van der Waals surface area (Å²) in [4.78, 5) is 0. The van der Waals surface area contributed by atoms with Crippen LogP contribution < -0.4 is 5.32 Å². The highest BCUT2D eigenvalue weighted by Crippen LogP contribution is 2.62. The van der Waals surface area contributed by atoms with Gasteiger partial charge in [0.05, 0.1) is 0 Å². The minimum Gasteiger partial charge on any atom is -0.310 e. The summed E-state index contributed by atoms with van der Waals surface area (Å²) in [5.41, 5.74) is 1.69. The molecule has 0 aromatic heterocycles. The second-order valence-electron chi connectivity index (χ2n) is 9.45. The Bertz CT molecular complexity index is 342. The summed E-state index contributed by atoms with van der Waals surface area (Å²) in [5, 5.41) is 4.12. The Balaban J connectivity index is 1.67. The number of hydrogen-bond acceptors (Lipinski definition) is 1. The summed E-state index contributed by atoms with van der Waals surface area (Å²) in [7, 11) is 0. The van der Waals surface area contributed by atoms with E-state index < -0.39 is 0 Å². The minimum absolute atomic E-state index is 0.514. The Kier molecular flexibility index (Phi) is 3.10. The van der Waals surface area contributed by atoms with E-state index >= 15 is 0 Å². The van der Waals surface area contributed by atoms with Gasteiger partial charge in [0.15, 0.2) is 0 Å². The quantitative estimate of drug-likeness (QED) is 0.757. The summed E-state index contributed by atoms with van der Waals surface area (Å²) in [5.74, 6) is 0.968. The van der Waals surface area contributed by atoms with Crippen molar-refractivity contribution in [1.29, 1.82) is 0 Å². The molecule has 2 bridgehead atoms. The fourth-order valence-electron chi connectivity index (χ4n) is 5.52. The van der Waals surface area contributed by atoms with Crippen LogP contribution in [-0.4, -0.2) is 12.1 Å². The molecular formula is C18H33N. The van der Waals surface area contributed by atoms with Gasteiger partial charge in [-0.25, -0.2) is 0 Å². The van der Waals surface area contributed by atoms with Crippen molar-refractivity contribution in [2.75, 3.05) is 0 Å². The first-order valence-electron chi connectivity index (χ1n) is 8.49. The first-order chi connectivity index (χ1) is 8.73. The van der Waals surface area contributed by atoms with Gasteiger partial charge in [-0.15, -0.1) is 0 Å². The fourth-order valence-corrected chi connectivity index (χ4v) is 5.52. The van der Waals surface area contributed by atoms with E-state index in [9.17, 15) is 0 Å². The smallest absolute Gasteiger partial charge is 0.0177 e. The molecule has 3 fully saturated rings. The van der Waals surface area contributed by atoms with Crippen molar-refractivity contribution < 1.29 is 0 Å². The molecule has 0 aromatic rings. The molecule has 1 heteroatoms. The van der Waals surface area contributed by atoms with Crippen LogP contribution in [0.3, 0.4) is 0 Å². The second-order valence-corrected chi connectivity index (χ2v) is 9.45. The Morgan fingerprint density at radius 3 is 2.00 bits per heavy atom. The van der Waals surface area contributed by atoms with E-state index in [1.54, 1.807) is 0 Å². The molecule has 3 saturated carbocycles. The lowest BCUT2D eigenvalue weighted by molar-refractivity contribution is 0.0828. The van der Waals surface area contributed by atoms with E-state index in [1.807, 2.05) is 0 Å². The van der Waals surface area contributed by atoms with Crippen LogP contribution in [0.25, 0.3) is 0 Å². The Labute approximate surface area is 119 Å². The maximum atomic E-state index is 4.12. The van der Waals surface area contributed by atoms with Crippen molar-refractivity contribution in [3.05, 3.63) is 0 Å².